The standard InChI is InChI=1S/C36H46N4O3/c1-10-13-24-18(4)29(17-41)37-27(24)15-26-20(6)31-33(38-26)30(21(7)34(31)42)32-25(14-11-2)19(5)28(39-32)16-36(9)22(8)23(12-3)35(43)40-36/h12,17,19,21,25,37-38H,3,10-11,13-16H2,1-2,4-9H3,(H,40,43)/b32-30-/t19-,21+,25-,36?/m0/s1. The summed E-state index contributed by atoms with van der Waals surface area (Å²) in [4.78, 5) is 50.5. The van der Waals surface area contributed by atoms with Gasteiger partial charge in [-0.3, -0.25) is 19.4 Å². The van der Waals surface area contributed by atoms with Crippen LogP contribution in [0, 0.1) is 31.6 Å². The van der Waals surface area contributed by atoms with Gasteiger partial charge in [0.25, 0.3) is 5.91 Å². The number of nitrogens with zero attached hydrogens (tertiary/aromatic N) is 1. The van der Waals surface area contributed by atoms with E-state index >= 15 is 0 Å². The molecule has 0 saturated carbocycles. The van der Waals surface area contributed by atoms with Crippen LogP contribution in [0.25, 0.3) is 5.57 Å². The van der Waals surface area contributed by atoms with E-state index in [4.69, 9.17) is 4.99 Å². The van der Waals surface area contributed by atoms with Gasteiger partial charge in [0.05, 0.1) is 22.6 Å². The lowest BCUT2D eigenvalue weighted by molar-refractivity contribution is -0.117. The Labute approximate surface area is 255 Å². The SMILES string of the molecule is C=CC1=C(C)C(C)(CC2=N/C(=C3\c4[nH]c(Cc5[nH]c(C=O)c(C)c5CCC)c(C)c4C(=O)[C@@H]3C)[C@@H](CCC)[C@@H]2C)NC1=O. The van der Waals surface area contributed by atoms with E-state index in [1.165, 1.54) is 5.56 Å². The van der Waals surface area contributed by atoms with Crippen LogP contribution in [0.2, 0.25) is 0 Å². The summed E-state index contributed by atoms with van der Waals surface area (Å²) in [7, 11) is 0. The van der Waals surface area contributed by atoms with Crippen molar-refractivity contribution < 1.29 is 14.4 Å². The molecule has 1 amide bonds. The molecular weight excluding hydrogens is 536 g/mol. The molecule has 3 N–H and O–H groups in total. The third-order valence-corrected chi connectivity index (χ3v) is 10.4. The van der Waals surface area contributed by atoms with Gasteiger partial charge < -0.3 is 15.3 Å². The molecule has 5 rings (SSSR count). The van der Waals surface area contributed by atoms with E-state index in [2.05, 4.69) is 49.6 Å². The fourth-order valence-corrected chi connectivity index (χ4v) is 7.63. The first-order valence-electron chi connectivity index (χ1n) is 15.8. The third-order valence-electron chi connectivity index (χ3n) is 10.4. The molecule has 4 atom stereocenters. The second-order valence-corrected chi connectivity index (χ2v) is 13.0. The summed E-state index contributed by atoms with van der Waals surface area (Å²) in [5.74, 6) is 0.167. The zero-order valence-electron chi connectivity index (χ0n) is 27.0. The molecule has 1 aliphatic carbocycles. The Bertz CT molecular complexity index is 1630. The predicted octanol–water partition coefficient (Wildman–Crippen LogP) is 7.15. The van der Waals surface area contributed by atoms with Gasteiger partial charge in [-0.2, -0.15) is 0 Å². The predicted molar refractivity (Wildman–Crippen MR) is 173 cm³/mol. The van der Waals surface area contributed by atoms with Crippen LogP contribution in [-0.2, 0) is 17.6 Å². The topological polar surface area (TPSA) is 107 Å². The van der Waals surface area contributed by atoms with Gasteiger partial charge in [0, 0.05) is 64.4 Å². The van der Waals surface area contributed by atoms with E-state index in [1.54, 1.807) is 6.08 Å². The minimum Gasteiger partial charge on any atom is -0.357 e. The van der Waals surface area contributed by atoms with Gasteiger partial charge in [-0.05, 0) is 62.8 Å². The summed E-state index contributed by atoms with van der Waals surface area (Å²) in [6.07, 6.45) is 7.63. The highest BCUT2D eigenvalue weighted by Gasteiger charge is 2.45. The molecule has 2 aromatic rings. The monoisotopic (exact) mass is 582 g/mol. The summed E-state index contributed by atoms with van der Waals surface area (Å²) in [5, 5.41) is 3.18. The number of carbonyl (C=O) groups excluding carboxylic acids is 3. The molecule has 0 spiro atoms. The normalized spacial score (nSPS) is 26.8. The number of aliphatic imine (C=N–C) groups is 1. The number of hydrogen-bond acceptors (Lipinski definition) is 4. The fourth-order valence-electron chi connectivity index (χ4n) is 7.63. The molecule has 7 nitrogen and oxygen atoms in total. The zero-order valence-corrected chi connectivity index (χ0v) is 27.0. The summed E-state index contributed by atoms with van der Waals surface area (Å²) >= 11 is 0. The maximum atomic E-state index is 13.8. The van der Waals surface area contributed by atoms with Crippen molar-refractivity contribution in [2.75, 3.05) is 0 Å². The highest BCUT2D eigenvalue weighted by Crippen LogP contribution is 2.48. The number of ketones is 1. The van der Waals surface area contributed by atoms with Crippen LogP contribution in [0.4, 0.5) is 0 Å². The van der Waals surface area contributed by atoms with Gasteiger partial charge in [-0.25, -0.2) is 0 Å². The third kappa shape index (κ3) is 4.81. The highest BCUT2D eigenvalue weighted by molar-refractivity contribution is 6.15. The largest absolute Gasteiger partial charge is 0.357 e. The number of hydrogen-bond donors (Lipinski definition) is 3. The van der Waals surface area contributed by atoms with Crippen LogP contribution in [0.3, 0.4) is 0 Å². The van der Waals surface area contributed by atoms with Crippen LogP contribution in [0.1, 0.15) is 122 Å². The van der Waals surface area contributed by atoms with Crippen LogP contribution < -0.4 is 5.32 Å². The summed E-state index contributed by atoms with van der Waals surface area (Å²) in [6.45, 7) is 20.5. The Morgan fingerprint density at radius 3 is 2.35 bits per heavy atom. The van der Waals surface area contributed by atoms with Crippen molar-refractivity contribution in [2.24, 2.45) is 22.7 Å². The van der Waals surface area contributed by atoms with E-state index < -0.39 is 5.54 Å². The Morgan fingerprint density at radius 2 is 1.74 bits per heavy atom. The molecular formula is C36H46N4O3. The molecule has 0 fully saturated rings. The Balaban J connectivity index is 1.59. The van der Waals surface area contributed by atoms with Crippen molar-refractivity contribution in [3.05, 3.63) is 74.5 Å². The van der Waals surface area contributed by atoms with Crippen LogP contribution >= 0.6 is 0 Å². The van der Waals surface area contributed by atoms with Crippen molar-refractivity contribution in [1.82, 2.24) is 15.3 Å². The lowest BCUT2D eigenvalue weighted by Gasteiger charge is -2.28. The molecule has 1 unspecified atom stereocenters. The molecule has 0 aromatic carbocycles. The molecule has 228 valence electrons. The molecule has 0 saturated heterocycles. The van der Waals surface area contributed by atoms with Crippen molar-refractivity contribution in [2.45, 2.75) is 99.5 Å². The summed E-state index contributed by atoms with van der Waals surface area (Å²) in [5.41, 5.74) is 11.7. The first-order valence-corrected chi connectivity index (χ1v) is 15.8. The first kappa shape index (κ1) is 30.7. The number of allylic oxidation sites excluding steroid dienone is 2. The second-order valence-electron chi connectivity index (χ2n) is 13.0. The van der Waals surface area contributed by atoms with Crippen molar-refractivity contribution in [1.29, 1.82) is 0 Å². The van der Waals surface area contributed by atoms with Gasteiger partial charge >= 0.3 is 0 Å². The molecule has 0 radical (unpaired) electrons. The Hall–Kier alpha value is -3.74. The van der Waals surface area contributed by atoms with E-state index in [1.807, 2.05) is 27.7 Å². The number of Topliss-reactive ketones (excluding diaryl/α,β-unsaturated/α-hetero) is 1. The Morgan fingerprint density at radius 1 is 1.02 bits per heavy atom. The fraction of sp³-hybridized carbons (Fsp3) is 0.500. The lowest BCUT2D eigenvalue weighted by atomic mass is 9.79. The quantitative estimate of drug-likeness (QED) is 0.259. The number of aromatic nitrogens is 2. The number of aromatic amines is 2. The van der Waals surface area contributed by atoms with E-state index in [9.17, 15) is 14.4 Å². The van der Waals surface area contributed by atoms with Crippen molar-refractivity contribution >= 4 is 29.3 Å². The summed E-state index contributed by atoms with van der Waals surface area (Å²) in [6, 6.07) is 0. The van der Waals surface area contributed by atoms with Crippen molar-refractivity contribution in [3.8, 4) is 0 Å². The van der Waals surface area contributed by atoms with Gasteiger partial charge in [-0.15, -0.1) is 0 Å². The molecule has 0 bridgehead atoms. The number of H-pyrrole nitrogens is 2. The van der Waals surface area contributed by atoms with E-state index in [0.717, 1.165) is 88.3 Å². The molecule has 43 heavy (non-hydrogen) atoms. The number of aldehydes is 1. The van der Waals surface area contributed by atoms with Crippen molar-refractivity contribution in [3.63, 3.8) is 0 Å². The molecule has 3 aliphatic rings. The maximum Gasteiger partial charge on any atom is 0.251 e. The maximum absolute atomic E-state index is 13.8. The number of rotatable bonds is 10. The van der Waals surface area contributed by atoms with Gasteiger partial charge in [0.15, 0.2) is 12.1 Å². The molecule has 2 aliphatic heterocycles. The van der Waals surface area contributed by atoms with Gasteiger partial charge in [0.2, 0.25) is 0 Å². The van der Waals surface area contributed by atoms with Crippen LogP contribution in [0.15, 0.2) is 34.5 Å². The second kappa shape index (κ2) is 11.4. The Kier molecular flexibility index (Phi) is 8.14. The van der Waals surface area contributed by atoms with Crippen LogP contribution in [-0.4, -0.2) is 39.2 Å². The van der Waals surface area contributed by atoms with Crippen LogP contribution in [0.5, 0.6) is 0 Å². The molecule has 2 aromatic heterocycles. The van der Waals surface area contributed by atoms with E-state index in [-0.39, 0.29) is 29.4 Å². The summed E-state index contributed by atoms with van der Waals surface area (Å²) < 4.78 is 0. The van der Waals surface area contributed by atoms with Gasteiger partial charge in [-0.1, -0.05) is 53.2 Å². The molecule has 7 heteroatoms. The minimum absolute atomic E-state index is 0.0846. The van der Waals surface area contributed by atoms with Gasteiger partial charge in [0.1, 0.15) is 0 Å². The molecule has 4 heterocycles. The first-order chi connectivity index (χ1) is 20.4. The average Bonchev–Trinajstić information content (AvgIpc) is 3.67. The minimum atomic E-state index is -0.520. The smallest absolute Gasteiger partial charge is 0.251 e. The lowest BCUT2D eigenvalue weighted by Crippen LogP contribution is -2.43. The zero-order chi connectivity index (χ0) is 31.4. The number of fused-ring (bicyclic) bond motifs is 1. The van der Waals surface area contributed by atoms with E-state index in [0.29, 0.717) is 24.1 Å². The average molecular weight is 583 g/mol. The number of carbonyl (C=O) groups is 3. The highest BCUT2D eigenvalue weighted by atomic mass is 16.2. The number of nitrogens with one attached hydrogen (secondary N) is 3. The number of amides is 1.